The highest BCUT2D eigenvalue weighted by atomic mass is 16.6. The van der Waals surface area contributed by atoms with Crippen LogP contribution in [-0.2, 0) is 11.2 Å². The molecule has 0 saturated carbocycles. The molecule has 0 spiro atoms. The van der Waals surface area contributed by atoms with Gasteiger partial charge in [0.25, 0.3) is 0 Å². The minimum atomic E-state index is -0.429. The van der Waals surface area contributed by atoms with Gasteiger partial charge in [-0.2, -0.15) is 0 Å². The largest absolute Gasteiger partial charge is 0.444 e. The number of aromatic nitrogens is 1. The molecular weight excluding hydrogens is 340 g/mol. The number of aliphatic imine (C=N–C) groups is 1. The number of hydrogen-bond acceptors (Lipinski definition) is 5. The number of hydrogen-bond donors (Lipinski definition) is 0. The Morgan fingerprint density at radius 3 is 2.56 bits per heavy atom. The Bertz CT molecular complexity index is 644. The zero-order chi connectivity index (χ0) is 19.9. The Hall–Kier alpha value is -1.95. The zero-order valence-electron chi connectivity index (χ0n) is 17.5. The Labute approximate surface area is 163 Å². The van der Waals surface area contributed by atoms with Gasteiger partial charge in [-0.25, -0.2) is 4.79 Å². The van der Waals surface area contributed by atoms with Gasteiger partial charge >= 0.3 is 6.09 Å². The van der Waals surface area contributed by atoms with Crippen molar-refractivity contribution in [3.05, 3.63) is 29.1 Å². The highest BCUT2D eigenvalue weighted by Crippen LogP contribution is 2.13. The fourth-order valence-electron chi connectivity index (χ4n) is 3.10. The monoisotopic (exact) mass is 374 g/mol. The van der Waals surface area contributed by atoms with Gasteiger partial charge in [0.15, 0.2) is 0 Å². The molecule has 0 aliphatic carbocycles. The van der Waals surface area contributed by atoms with Crippen molar-refractivity contribution in [1.82, 2.24) is 14.8 Å². The third-order valence-electron chi connectivity index (χ3n) is 4.63. The predicted octanol–water partition coefficient (Wildman–Crippen LogP) is 3.31. The molecule has 1 aliphatic rings. The van der Waals surface area contributed by atoms with Crippen LogP contribution < -0.4 is 0 Å². The first-order valence-electron chi connectivity index (χ1n) is 9.87. The topological polar surface area (TPSA) is 58.0 Å². The van der Waals surface area contributed by atoms with E-state index < -0.39 is 5.60 Å². The number of unbranched alkanes of at least 4 members (excludes halogenated alkanes) is 1. The van der Waals surface area contributed by atoms with Crippen molar-refractivity contribution in [3.8, 4) is 0 Å². The summed E-state index contributed by atoms with van der Waals surface area (Å²) in [7, 11) is 1.77. The standard InChI is InChI=1S/C21H34N4O2/c1-17-9-10-18(23-19(17)16-22-5)8-6-7-11-24-12-14-25(15-13-24)20(26)27-21(2,3)4/h9-10,16H,6-8,11-15H2,1-5H3/b22-16+. The number of carbonyl (C=O) groups excluding carboxylic acids is 1. The minimum absolute atomic E-state index is 0.195. The quantitative estimate of drug-likeness (QED) is 0.566. The van der Waals surface area contributed by atoms with Gasteiger partial charge in [0.2, 0.25) is 0 Å². The third kappa shape index (κ3) is 7.29. The summed E-state index contributed by atoms with van der Waals surface area (Å²) in [5, 5.41) is 0. The first kappa shape index (κ1) is 21.4. The second-order valence-electron chi connectivity index (χ2n) is 8.16. The lowest BCUT2D eigenvalue weighted by Gasteiger charge is -2.35. The van der Waals surface area contributed by atoms with Crippen LogP contribution in [0, 0.1) is 6.92 Å². The molecule has 1 saturated heterocycles. The number of rotatable bonds is 6. The van der Waals surface area contributed by atoms with E-state index in [2.05, 4.69) is 33.9 Å². The molecule has 1 aliphatic heterocycles. The molecule has 2 rings (SSSR count). The van der Waals surface area contributed by atoms with E-state index in [-0.39, 0.29) is 6.09 Å². The molecule has 0 atom stereocenters. The summed E-state index contributed by atoms with van der Waals surface area (Å²) in [6.07, 6.45) is 4.87. The summed E-state index contributed by atoms with van der Waals surface area (Å²) in [6.45, 7) is 12.2. The highest BCUT2D eigenvalue weighted by Gasteiger charge is 2.25. The SMILES string of the molecule is C/N=C/c1nc(CCCCN2CCN(C(=O)OC(C)(C)C)CC2)ccc1C. The molecule has 6 heteroatoms. The van der Waals surface area contributed by atoms with Crippen LogP contribution in [0.1, 0.15) is 50.6 Å². The molecule has 1 amide bonds. The fraction of sp³-hybridized carbons (Fsp3) is 0.667. The van der Waals surface area contributed by atoms with Crippen molar-refractivity contribution >= 4 is 12.3 Å². The van der Waals surface area contributed by atoms with Crippen LogP contribution in [0.25, 0.3) is 0 Å². The van der Waals surface area contributed by atoms with Crippen molar-refractivity contribution in [2.75, 3.05) is 39.8 Å². The Balaban J connectivity index is 1.68. The molecule has 0 bridgehead atoms. The van der Waals surface area contributed by atoms with E-state index in [0.29, 0.717) is 0 Å². The van der Waals surface area contributed by atoms with Crippen LogP contribution in [0.15, 0.2) is 17.1 Å². The molecule has 0 N–H and O–H groups in total. The zero-order valence-corrected chi connectivity index (χ0v) is 17.5. The molecule has 2 heterocycles. The van der Waals surface area contributed by atoms with Crippen LogP contribution >= 0.6 is 0 Å². The number of aryl methyl sites for hydroxylation is 2. The summed E-state index contributed by atoms with van der Waals surface area (Å²) < 4.78 is 5.45. The molecule has 27 heavy (non-hydrogen) atoms. The lowest BCUT2D eigenvalue weighted by atomic mass is 10.1. The van der Waals surface area contributed by atoms with E-state index in [1.807, 2.05) is 31.9 Å². The lowest BCUT2D eigenvalue weighted by molar-refractivity contribution is 0.0144. The normalized spacial score (nSPS) is 16.1. The number of nitrogens with zero attached hydrogens (tertiary/aromatic N) is 4. The summed E-state index contributed by atoms with van der Waals surface area (Å²) in [6, 6.07) is 4.23. The van der Waals surface area contributed by atoms with E-state index in [1.165, 1.54) is 0 Å². The maximum absolute atomic E-state index is 12.1. The molecule has 0 radical (unpaired) electrons. The van der Waals surface area contributed by atoms with Crippen molar-refractivity contribution in [2.45, 2.75) is 52.6 Å². The van der Waals surface area contributed by atoms with E-state index in [9.17, 15) is 4.79 Å². The molecular formula is C21H34N4O2. The second-order valence-corrected chi connectivity index (χ2v) is 8.16. The molecule has 0 unspecified atom stereocenters. The van der Waals surface area contributed by atoms with Crippen molar-refractivity contribution in [3.63, 3.8) is 0 Å². The highest BCUT2D eigenvalue weighted by molar-refractivity contribution is 5.78. The van der Waals surface area contributed by atoms with Gasteiger partial charge in [-0.15, -0.1) is 0 Å². The molecule has 0 aromatic carbocycles. The molecule has 1 aromatic rings. The van der Waals surface area contributed by atoms with Gasteiger partial charge < -0.3 is 9.64 Å². The summed E-state index contributed by atoms with van der Waals surface area (Å²) in [5.41, 5.74) is 2.83. The van der Waals surface area contributed by atoms with Crippen LogP contribution in [-0.4, -0.2) is 72.5 Å². The maximum Gasteiger partial charge on any atom is 0.410 e. The van der Waals surface area contributed by atoms with Crippen LogP contribution in [0.3, 0.4) is 0 Å². The van der Waals surface area contributed by atoms with E-state index in [0.717, 1.165) is 68.9 Å². The second kappa shape index (κ2) is 9.83. The van der Waals surface area contributed by atoms with Gasteiger partial charge in [0, 0.05) is 45.1 Å². The average molecular weight is 375 g/mol. The summed E-state index contributed by atoms with van der Waals surface area (Å²) >= 11 is 0. The smallest absolute Gasteiger partial charge is 0.410 e. The van der Waals surface area contributed by atoms with Gasteiger partial charge in [-0.3, -0.25) is 14.9 Å². The molecule has 150 valence electrons. The van der Waals surface area contributed by atoms with Crippen LogP contribution in [0.4, 0.5) is 4.79 Å². The molecule has 6 nitrogen and oxygen atoms in total. The first-order chi connectivity index (χ1) is 12.8. The summed E-state index contributed by atoms with van der Waals surface area (Å²) in [5.74, 6) is 0. The first-order valence-corrected chi connectivity index (χ1v) is 9.87. The average Bonchev–Trinajstić information content (AvgIpc) is 2.60. The molecule has 1 fully saturated rings. The number of pyridine rings is 1. The van der Waals surface area contributed by atoms with Gasteiger partial charge in [-0.1, -0.05) is 6.07 Å². The van der Waals surface area contributed by atoms with Gasteiger partial charge in [0.1, 0.15) is 5.60 Å². The van der Waals surface area contributed by atoms with Crippen LogP contribution in [0.2, 0.25) is 0 Å². The minimum Gasteiger partial charge on any atom is -0.444 e. The lowest BCUT2D eigenvalue weighted by Crippen LogP contribution is -2.50. The van der Waals surface area contributed by atoms with Crippen molar-refractivity contribution in [1.29, 1.82) is 0 Å². The van der Waals surface area contributed by atoms with Gasteiger partial charge in [-0.05, 0) is 65.1 Å². The predicted molar refractivity (Wildman–Crippen MR) is 110 cm³/mol. The van der Waals surface area contributed by atoms with E-state index >= 15 is 0 Å². The third-order valence-corrected chi connectivity index (χ3v) is 4.63. The maximum atomic E-state index is 12.1. The molecule has 1 aromatic heterocycles. The van der Waals surface area contributed by atoms with Gasteiger partial charge in [0.05, 0.1) is 5.69 Å². The Kier molecular flexibility index (Phi) is 7.78. The van der Waals surface area contributed by atoms with E-state index in [4.69, 9.17) is 4.74 Å². The number of ether oxygens (including phenoxy) is 1. The number of carbonyl (C=O) groups is 1. The fourth-order valence-corrected chi connectivity index (χ4v) is 3.10. The Morgan fingerprint density at radius 1 is 1.22 bits per heavy atom. The van der Waals surface area contributed by atoms with E-state index in [1.54, 1.807) is 7.05 Å². The van der Waals surface area contributed by atoms with Crippen LogP contribution in [0.5, 0.6) is 0 Å². The van der Waals surface area contributed by atoms with Crippen molar-refractivity contribution < 1.29 is 9.53 Å². The van der Waals surface area contributed by atoms with Crippen molar-refractivity contribution in [2.24, 2.45) is 4.99 Å². The summed E-state index contributed by atoms with van der Waals surface area (Å²) in [4.78, 5) is 25.1. The number of amides is 1. The Morgan fingerprint density at radius 2 is 1.93 bits per heavy atom. The number of piperazine rings is 1.